The number of carbonyl (C=O) groups excluding carboxylic acids is 2. The Labute approximate surface area is 170 Å². The van der Waals surface area contributed by atoms with E-state index in [1.807, 2.05) is 36.4 Å². The maximum absolute atomic E-state index is 12.4. The molecular weight excluding hydrogens is 366 g/mol. The summed E-state index contributed by atoms with van der Waals surface area (Å²) < 4.78 is 5.69. The number of likely N-dealkylation sites (tertiary alicyclic amines) is 1. The number of nitrogens with zero attached hydrogens (tertiary/aromatic N) is 2. The number of ether oxygens (including phenoxy) is 1. The minimum Gasteiger partial charge on any atom is -0.483 e. The van der Waals surface area contributed by atoms with Crippen molar-refractivity contribution in [3.05, 3.63) is 71.3 Å². The highest BCUT2D eigenvalue weighted by molar-refractivity contribution is 6.01. The van der Waals surface area contributed by atoms with E-state index in [1.54, 1.807) is 29.2 Å². The molecular formula is C23H23N3O3. The van der Waals surface area contributed by atoms with Crippen molar-refractivity contribution in [3.8, 4) is 11.8 Å². The van der Waals surface area contributed by atoms with Crippen LogP contribution in [0.1, 0.15) is 24.0 Å². The number of carbonyl (C=O) groups is 2. The SMILES string of the molecule is N#C/C(=C\c1ccccc1OCC(=O)N1CCCC1)C(=O)NCc1ccccc1. The molecule has 0 aliphatic carbocycles. The molecule has 2 aromatic carbocycles. The zero-order valence-corrected chi connectivity index (χ0v) is 16.1. The van der Waals surface area contributed by atoms with E-state index in [0.29, 0.717) is 17.9 Å². The quantitative estimate of drug-likeness (QED) is 0.583. The van der Waals surface area contributed by atoms with Crippen molar-refractivity contribution in [2.75, 3.05) is 19.7 Å². The van der Waals surface area contributed by atoms with Gasteiger partial charge in [-0.15, -0.1) is 0 Å². The smallest absolute Gasteiger partial charge is 0.262 e. The minimum atomic E-state index is -0.459. The van der Waals surface area contributed by atoms with Gasteiger partial charge < -0.3 is 15.0 Å². The topological polar surface area (TPSA) is 82.4 Å². The lowest BCUT2D eigenvalue weighted by molar-refractivity contribution is -0.132. The van der Waals surface area contributed by atoms with Crippen molar-refractivity contribution in [2.24, 2.45) is 0 Å². The van der Waals surface area contributed by atoms with Crippen molar-refractivity contribution < 1.29 is 14.3 Å². The monoisotopic (exact) mass is 389 g/mol. The van der Waals surface area contributed by atoms with Gasteiger partial charge in [0.05, 0.1) is 0 Å². The van der Waals surface area contributed by atoms with Gasteiger partial charge in [0.1, 0.15) is 17.4 Å². The van der Waals surface area contributed by atoms with E-state index >= 15 is 0 Å². The van der Waals surface area contributed by atoms with Gasteiger partial charge in [-0.25, -0.2) is 0 Å². The Morgan fingerprint density at radius 2 is 1.76 bits per heavy atom. The summed E-state index contributed by atoms with van der Waals surface area (Å²) in [5.41, 5.74) is 1.50. The van der Waals surface area contributed by atoms with Crippen LogP contribution in [0.4, 0.5) is 0 Å². The third kappa shape index (κ3) is 5.69. The van der Waals surface area contributed by atoms with Gasteiger partial charge in [-0.3, -0.25) is 9.59 Å². The Kier molecular flexibility index (Phi) is 7.01. The number of hydrogen-bond acceptors (Lipinski definition) is 4. The first-order valence-corrected chi connectivity index (χ1v) is 9.61. The molecule has 1 N–H and O–H groups in total. The largest absolute Gasteiger partial charge is 0.483 e. The molecule has 148 valence electrons. The van der Waals surface area contributed by atoms with Crippen LogP contribution in [0.3, 0.4) is 0 Å². The standard InChI is InChI=1S/C23H23N3O3/c24-15-20(23(28)25-16-18-8-2-1-3-9-18)14-19-10-4-5-11-21(19)29-17-22(27)26-12-6-7-13-26/h1-5,8-11,14H,6-7,12-13,16-17H2,(H,25,28)/b20-14+. The molecule has 1 fully saturated rings. The van der Waals surface area contributed by atoms with E-state index in [-0.39, 0.29) is 18.1 Å². The van der Waals surface area contributed by atoms with Gasteiger partial charge in [0.15, 0.2) is 6.61 Å². The average molecular weight is 389 g/mol. The predicted molar refractivity (Wildman–Crippen MR) is 110 cm³/mol. The van der Waals surface area contributed by atoms with Gasteiger partial charge in [0.2, 0.25) is 0 Å². The Bertz CT molecular complexity index is 926. The summed E-state index contributed by atoms with van der Waals surface area (Å²) in [5.74, 6) is -0.0506. The Hall–Kier alpha value is -3.59. The molecule has 6 nitrogen and oxygen atoms in total. The van der Waals surface area contributed by atoms with E-state index < -0.39 is 5.91 Å². The molecule has 1 aliphatic rings. The lowest BCUT2D eigenvalue weighted by Crippen LogP contribution is -2.32. The molecule has 0 aromatic heterocycles. The molecule has 0 bridgehead atoms. The van der Waals surface area contributed by atoms with Crippen LogP contribution in [0.25, 0.3) is 6.08 Å². The number of benzene rings is 2. The fourth-order valence-electron chi connectivity index (χ4n) is 3.11. The molecule has 1 saturated heterocycles. The van der Waals surface area contributed by atoms with Gasteiger partial charge in [-0.1, -0.05) is 48.5 Å². The summed E-state index contributed by atoms with van der Waals surface area (Å²) in [6.45, 7) is 1.81. The van der Waals surface area contributed by atoms with Crippen molar-refractivity contribution in [1.82, 2.24) is 10.2 Å². The molecule has 2 aromatic rings. The fourth-order valence-corrected chi connectivity index (χ4v) is 3.11. The maximum atomic E-state index is 12.4. The first kappa shape index (κ1) is 20.2. The van der Waals surface area contributed by atoms with E-state index in [1.165, 1.54) is 6.08 Å². The van der Waals surface area contributed by atoms with E-state index in [0.717, 1.165) is 31.5 Å². The van der Waals surface area contributed by atoms with Crippen molar-refractivity contribution in [2.45, 2.75) is 19.4 Å². The number of nitrogens with one attached hydrogen (secondary N) is 1. The molecule has 3 rings (SSSR count). The lowest BCUT2D eigenvalue weighted by atomic mass is 10.1. The summed E-state index contributed by atoms with van der Waals surface area (Å²) in [7, 11) is 0. The summed E-state index contributed by atoms with van der Waals surface area (Å²) in [6, 6.07) is 18.5. The lowest BCUT2D eigenvalue weighted by Gasteiger charge is -2.16. The molecule has 0 spiro atoms. The molecule has 1 heterocycles. The summed E-state index contributed by atoms with van der Waals surface area (Å²) in [4.78, 5) is 26.4. The summed E-state index contributed by atoms with van der Waals surface area (Å²) in [5, 5.41) is 12.2. The highest BCUT2D eigenvalue weighted by Gasteiger charge is 2.18. The average Bonchev–Trinajstić information content (AvgIpc) is 3.30. The summed E-state index contributed by atoms with van der Waals surface area (Å²) >= 11 is 0. The molecule has 6 heteroatoms. The van der Waals surface area contributed by atoms with Gasteiger partial charge in [0.25, 0.3) is 11.8 Å². The van der Waals surface area contributed by atoms with E-state index in [4.69, 9.17) is 4.74 Å². The highest BCUT2D eigenvalue weighted by Crippen LogP contribution is 2.21. The Balaban J connectivity index is 1.66. The van der Waals surface area contributed by atoms with Crippen LogP contribution in [-0.2, 0) is 16.1 Å². The molecule has 29 heavy (non-hydrogen) atoms. The molecule has 1 aliphatic heterocycles. The van der Waals surface area contributed by atoms with Crippen LogP contribution in [0.5, 0.6) is 5.75 Å². The van der Waals surface area contributed by atoms with E-state index in [9.17, 15) is 14.9 Å². The highest BCUT2D eigenvalue weighted by atomic mass is 16.5. The third-order valence-electron chi connectivity index (χ3n) is 4.69. The molecule has 0 unspecified atom stereocenters. The molecule has 0 saturated carbocycles. The van der Waals surface area contributed by atoms with Gasteiger partial charge in [0, 0.05) is 25.2 Å². The first-order chi connectivity index (χ1) is 14.2. The zero-order valence-electron chi connectivity index (χ0n) is 16.1. The minimum absolute atomic E-state index is 0.0251. The third-order valence-corrected chi connectivity index (χ3v) is 4.69. The van der Waals surface area contributed by atoms with Crippen LogP contribution < -0.4 is 10.1 Å². The molecule has 0 radical (unpaired) electrons. The second-order valence-electron chi connectivity index (χ2n) is 6.75. The van der Waals surface area contributed by atoms with Crippen LogP contribution in [0, 0.1) is 11.3 Å². The maximum Gasteiger partial charge on any atom is 0.262 e. The van der Waals surface area contributed by atoms with Gasteiger partial charge >= 0.3 is 0 Å². The van der Waals surface area contributed by atoms with Gasteiger partial charge in [-0.2, -0.15) is 5.26 Å². The number of nitriles is 1. The predicted octanol–water partition coefficient (Wildman–Crippen LogP) is 2.91. The second kappa shape index (κ2) is 10.1. The number of amides is 2. The number of rotatable bonds is 7. The van der Waals surface area contributed by atoms with Crippen LogP contribution >= 0.6 is 0 Å². The molecule has 2 amide bonds. The van der Waals surface area contributed by atoms with Gasteiger partial charge in [-0.05, 0) is 30.5 Å². The van der Waals surface area contributed by atoms with Crippen LogP contribution in [-0.4, -0.2) is 36.4 Å². The Morgan fingerprint density at radius 1 is 1.07 bits per heavy atom. The van der Waals surface area contributed by atoms with Crippen molar-refractivity contribution >= 4 is 17.9 Å². The van der Waals surface area contributed by atoms with E-state index in [2.05, 4.69) is 5.32 Å². The summed E-state index contributed by atoms with van der Waals surface area (Å²) in [6.07, 6.45) is 3.53. The number of hydrogen-bond donors (Lipinski definition) is 1. The normalized spacial score (nSPS) is 13.6. The van der Waals surface area contributed by atoms with Crippen molar-refractivity contribution in [1.29, 1.82) is 5.26 Å². The zero-order chi connectivity index (χ0) is 20.5. The van der Waals surface area contributed by atoms with Crippen molar-refractivity contribution in [3.63, 3.8) is 0 Å². The van der Waals surface area contributed by atoms with Crippen LogP contribution in [0.15, 0.2) is 60.2 Å². The van der Waals surface area contributed by atoms with Crippen LogP contribution in [0.2, 0.25) is 0 Å². The second-order valence-corrected chi connectivity index (χ2v) is 6.75. The Morgan fingerprint density at radius 3 is 2.48 bits per heavy atom. The molecule has 0 atom stereocenters. The number of para-hydroxylation sites is 1. The first-order valence-electron chi connectivity index (χ1n) is 9.61. The fraction of sp³-hybridized carbons (Fsp3) is 0.261.